The number of hydrogen-bond donors (Lipinski definition) is 0. The maximum Gasteiger partial charge on any atom is 0.303 e. The van der Waals surface area contributed by atoms with Gasteiger partial charge in [0.05, 0.1) is 6.10 Å². The van der Waals surface area contributed by atoms with Crippen molar-refractivity contribution in [2.75, 3.05) is 0 Å². The Balaban J connectivity index is 1.85. The summed E-state index contributed by atoms with van der Waals surface area (Å²) in [5, 5.41) is 0. The summed E-state index contributed by atoms with van der Waals surface area (Å²) in [7, 11) is 0. The minimum atomic E-state index is -0.540. The molecular weight excluding hydrogens is 264 g/mol. The first-order valence-electron chi connectivity index (χ1n) is 6.25. The van der Waals surface area contributed by atoms with Crippen LogP contribution in [0, 0.1) is 0 Å². The molecule has 1 aliphatic heterocycles. The highest BCUT2D eigenvalue weighted by atomic mass is 16.7. The molecule has 3 unspecified atom stereocenters. The third-order valence-electron chi connectivity index (χ3n) is 2.76. The van der Waals surface area contributed by atoms with Gasteiger partial charge >= 0.3 is 5.97 Å². The van der Waals surface area contributed by atoms with E-state index in [0.29, 0.717) is 12.0 Å². The molecule has 6 heteroatoms. The van der Waals surface area contributed by atoms with Crippen LogP contribution in [0.4, 0.5) is 0 Å². The summed E-state index contributed by atoms with van der Waals surface area (Å²) < 4.78 is 21.3. The fraction of sp³-hybridized carbons (Fsp3) is 0.429. The lowest BCUT2D eigenvalue weighted by Gasteiger charge is -2.29. The maximum absolute atomic E-state index is 10.9. The molecule has 108 valence electrons. The highest BCUT2D eigenvalue weighted by Crippen LogP contribution is 2.18. The average Bonchev–Trinajstić information content (AvgIpc) is 2.87. The van der Waals surface area contributed by atoms with Crippen LogP contribution < -0.4 is 0 Å². The predicted octanol–water partition coefficient (Wildman–Crippen LogP) is 1.84. The Morgan fingerprint density at radius 1 is 1.40 bits per heavy atom. The molecule has 1 aromatic heterocycles. The van der Waals surface area contributed by atoms with E-state index in [2.05, 4.69) is 0 Å². The maximum atomic E-state index is 10.9. The van der Waals surface area contributed by atoms with Crippen molar-refractivity contribution in [3.8, 4) is 0 Å². The van der Waals surface area contributed by atoms with Crippen molar-refractivity contribution in [3.05, 3.63) is 35.8 Å². The van der Waals surface area contributed by atoms with Crippen LogP contribution in [0.15, 0.2) is 28.7 Å². The van der Waals surface area contributed by atoms with Crippen molar-refractivity contribution < 1.29 is 28.2 Å². The van der Waals surface area contributed by atoms with E-state index in [1.54, 1.807) is 31.2 Å². The van der Waals surface area contributed by atoms with E-state index in [1.807, 2.05) is 0 Å². The van der Waals surface area contributed by atoms with Crippen molar-refractivity contribution >= 4 is 12.3 Å². The Morgan fingerprint density at radius 2 is 2.20 bits per heavy atom. The first-order valence-corrected chi connectivity index (χ1v) is 6.25. The van der Waals surface area contributed by atoms with Gasteiger partial charge < -0.3 is 18.6 Å². The van der Waals surface area contributed by atoms with E-state index in [9.17, 15) is 9.59 Å². The number of rotatable bonds is 5. The second-order valence-corrected chi connectivity index (χ2v) is 4.40. The third-order valence-corrected chi connectivity index (χ3v) is 2.76. The summed E-state index contributed by atoms with van der Waals surface area (Å²) in [6.07, 6.45) is 2.80. The monoisotopic (exact) mass is 280 g/mol. The SMILES string of the molecule is CC(=O)OC1C=CC(OCc2ccc(C=O)o2)OC1C. The first kappa shape index (κ1) is 14.5. The molecule has 0 saturated carbocycles. The lowest BCUT2D eigenvalue weighted by Crippen LogP contribution is -2.36. The molecule has 1 aliphatic rings. The summed E-state index contributed by atoms with van der Waals surface area (Å²) in [5.74, 6) is 0.442. The summed E-state index contributed by atoms with van der Waals surface area (Å²) in [4.78, 5) is 21.4. The number of aldehydes is 1. The van der Waals surface area contributed by atoms with Crippen molar-refractivity contribution in [1.82, 2.24) is 0 Å². The fourth-order valence-corrected chi connectivity index (χ4v) is 1.81. The van der Waals surface area contributed by atoms with E-state index in [0.717, 1.165) is 0 Å². The number of hydrogen-bond acceptors (Lipinski definition) is 6. The van der Waals surface area contributed by atoms with E-state index in [1.165, 1.54) is 6.92 Å². The zero-order valence-electron chi connectivity index (χ0n) is 11.3. The number of ether oxygens (including phenoxy) is 3. The third kappa shape index (κ3) is 3.79. The van der Waals surface area contributed by atoms with Crippen LogP contribution in [-0.4, -0.2) is 30.8 Å². The molecule has 1 aromatic rings. The molecule has 0 saturated heterocycles. The van der Waals surface area contributed by atoms with Gasteiger partial charge in [-0.3, -0.25) is 9.59 Å². The van der Waals surface area contributed by atoms with Gasteiger partial charge in [-0.05, 0) is 31.2 Å². The van der Waals surface area contributed by atoms with Gasteiger partial charge in [0.2, 0.25) is 0 Å². The molecule has 2 heterocycles. The first-order chi connectivity index (χ1) is 9.58. The second kappa shape index (κ2) is 6.49. The molecule has 20 heavy (non-hydrogen) atoms. The Bertz CT molecular complexity index is 504. The van der Waals surface area contributed by atoms with Gasteiger partial charge in [-0.2, -0.15) is 0 Å². The van der Waals surface area contributed by atoms with Gasteiger partial charge in [-0.15, -0.1) is 0 Å². The topological polar surface area (TPSA) is 75.0 Å². The molecule has 0 radical (unpaired) electrons. The van der Waals surface area contributed by atoms with Crippen LogP contribution >= 0.6 is 0 Å². The van der Waals surface area contributed by atoms with Crippen LogP contribution in [-0.2, 0) is 25.6 Å². The Morgan fingerprint density at radius 3 is 2.80 bits per heavy atom. The smallest absolute Gasteiger partial charge is 0.303 e. The lowest BCUT2D eigenvalue weighted by molar-refractivity contribution is -0.185. The van der Waals surface area contributed by atoms with E-state index >= 15 is 0 Å². The molecule has 0 amide bonds. The van der Waals surface area contributed by atoms with Crippen molar-refractivity contribution in [3.63, 3.8) is 0 Å². The Labute approximate surface area is 116 Å². The second-order valence-electron chi connectivity index (χ2n) is 4.40. The lowest BCUT2D eigenvalue weighted by atomic mass is 10.1. The van der Waals surface area contributed by atoms with E-state index in [4.69, 9.17) is 18.6 Å². The molecule has 0 N–H and O–H groups in total. The molecule has 0 fully saturated rings. The summed E-state index contributed by atoms with van der Waals surface area (Å²) in [6.45, 7) is 3.34. The van der Waals surface area contributed by atoms with Gasteiger partial charge in [-0.1, -0.05) is 0 Å². The van der Waals surface area contributed by atoms with Crippen LogP contribution in [0.2, 0.25) is 0 Å². The highest BCUT2D eigenvalue weighted by Gasteiger charge is 2.26. The molecule has 0 aliphatic carbocycles. The number of esters is 1. The standard InChI is InChI=1S/C14H16O6/c1-9-13(19-10(2)16)5-6-14(18-9)17-8-12-4-3-11(7-15)20-12/h3-7,9,13-14H,8H2,1-2H3. The Hall–Kier alpha value is -1.92. The summed E-state index contributed by atoms with van der Waals surface area (Å²) in [6, 6.07) is 3.24. The quantitative estimate of drug-likeness (QED) is 0.465. The number of furan rings is 1. The predicted molar refractivity (Wildman–Crippen MR) is 67.9 cm³/mol. The van der Waals surface area contributed by atoms with Crippen LogP contribution in [0.25, 0.3) is 0 Å². The fourth-order valence-electron chi connectivity index (χ4n) is 1.81. The molecule has 6 nitrogen and oxygen atoms in total. The zero-order valence-corrected chi connectivity index (χ0v) is 11.3. The molecule has 3 atom stereocenters. The number of carbonyl (C=O) groups excluding carboxylic acids is 2. The molecule has 0 spiro atoms. The van der Waals surface area contributed by atoms with Gasteiger partial charge in [0.15, 0.2) is 18.3 Å². The van der Waals surface area contributed by atoms with Crippen LogP contribution in [0.1, 0.15) is 30.2 Å². The van der Waals surface area contributed by atoms with Crippen LogP contribution in [0.3, 0.4) is 0 Å². The van der Waals surface area contributed by atoms with E-state index < -0.39 is 12.4 Å². The zero-order chi connectivity index (χ0) is 14.5. The molecule has 2 rings (SSSR count). The summed E-state index contributed by atoms with van der Waals surface area (Å²) >= 11 is 0. The van der Waals surface area contributed by atoms with Gasteiger partial charge in [0, 0.05) is 6.92 Å². The van der Waals surface area contributed by atoms with Crippen molar-refractivity contribution in [2.45, 2.75) is 39.0 Å². The molecular formula is C14H16O6. The van der Waals surface area contributed by atoms with Gasteiger partial charge in [0.1, 0.15) is 18.5 Å². The Kier molecular flexibility index (Phi) is 4.70. The van der Waals surface area contributed by atoms with Crippen molar-refractivity contribution in [1.29, 1.82) is 0 Å². The van der Waals surface area contributed by atoms with Gasteiger partial charge in [0.25, 0.3) is 0 Å². The van der Waals surface area contributed by atoms with Gasteiger partial charge in [-0.25, -0.2) is 0 Å². The highest BCUT2D eigenvalue weighted by molar-refractivity contribution is 5.70. The van der Waals surface area contributed by atoms with Crippen molar-refractivity contribution in [2.24, 2.45) is 0 Å². The van der Waals surface area contributed by atoms with E-state index in [-0.39, 0.29) is 24.4 Å². The van der Waals surface area contributed by atoms with Crippen LogP contribution in [0.5, 0.6) is 0 Å². The number of carbonyl (C=O) groups is 2. The molecule has 0 bridgehead atoms. The average molecular weight is 280 g/mol. The minimum absolute atomic E-state index is 0.188. The minimum Gasteiger partial charge on any atom is -0.456 e. The normalized spacial score (nSPS) is 25.4. The molecule has 0 aromatic carbocycles. The largest absolute Gasteiger partial charge is 0.456 e. The summed E-state index contributed by atoms with van der Waals surface area (Å²) in [5.41, 5.74) is 0.